The monoisotopic (exact) mass is 512 g/mol. The molecule has 3 heterocycles. The van der Waals surface area contributed by atoms with Gasteiger partial charge in [-0.05, 0) is 60.7 Å². The summed E-state index contributed by atoms with van der Waals surface area (Å²) in [7, 11) is 0. The highest BCUT2D eigenvalue weighted by molar-refractivity contribution is 5.96. The Morgan fingerprint density at radius 1 is 0.897 bits per heavy atom. The van der Waals surface area contributed by atoms with Gasteiger partial charge in [0.25, 0.3) is 0 Å². The number of imidazole rings is 1. The molecule has 0 radical (unpaired) electrons. The Kier molecular flexibility index (Phi) is 5.73. The Morgan fingerprint density at radius 2 is 1.72 bits per heavy atom. The fraction of sp³-hybridized carbons (Fsp3) is 0.182. The fourth-order valence-corrected chi connectivity index (χ4v) is 5.98. The first-order chi connectivity index (χ1) is 19.1. The standard InChI is InChI=1S/C33H28N4O2/c38-33(39)25-10-13-27-28(21-4-2-1-3-5-21)20-37(31(27)19-25)26-12-15-30-24(18-26)11-14-29(36-30)22-6-8-23(9-7-22)32-34-16-17-35-32/h6-21H,1-5H2,(H,34,35)(H,38,39). The molecule has 0 atom stereocenters. The van der Waals surface area contributed by atoms with Crippen LogP contribution in [0.15, 0.2) is 91.4 Å². The Morgan fingerprint density at radius 3 is 2.49 bits per heavy atom. The summed E-state index contributed by atoms with van der Waals surface area (Å²) < 4.78 is 2.16. The molecule has 3 aromatic heterocycles. The maximum atomic E-state index is 11.8. The summed E-state index contributed by atoms with van der Waals surface area (Å²) >= 11 is 0. The van der Waals surface area contributed by atoms with Crippen LogP contribution >= 0.6 is 0 Å². The quantitative estimate of drug-likeness (QED) is 0.245. The van der Waals surface area contributed by atoms with Gasteiger partial charge in [0.05, 0.1) is 22.3 Å². The second-order valence-corrected chi connectivity index (χ2v) is 10.4. The first-order valence-corrected chi connectivity index (χ1v) is 13.5. The Bertz CT molecular complexity index is 1810. The molecule has 0 saturated heterocycles. The van der Waals surface area contributed by atoms with Gasteiger partial charge >= 0.3 is 5.97 Å². The fourth-order valence-electron chi connectivity index (χ4n) is 5.98. The van der Waals surface area contributed by atoms with E-state index in [1.807, 2.05) is 18.3 Å². The first-order valence-electron chi connectivity index (χ1n) is 13.5. The molecule has 0 spiro atoms. The molecule has 6 nitrogen and oxygen atoms in total. The van der Waals surface area contributed by atoms with Crippen molar-refractivity contribution in [1.82, 2.24) is 19.5 Å². The lowest BCUT2D eigenvalue weighted by molar-refractivity contribution is 0.0697. The van der Waals surface area contributed by atoms with Crippen LogP contribution in [0.25, 0.3) is 50.1 Å². The molecule has 0 amide bonds. The smallest absolute Gasteiger partial charge is 0.335 e. The number of carbonyl (C=O) groups is 1. The van der Waals surface area contributed by atoms with E-state index in [4.69, 9.17) is 4.98 Å². The van der Waals surface area contributed by atoms with Crippen LogP contribution in [-0.4, -0.2) is 30.6 Å². The predicted molar refractivity (Wildman–Crippen MR) is 154 cm³/mol. The van der Waals surface area contributed by atoms with E-state index < -0.39 is 5.97 Å². The molecule has 1 aliphatic rings. The van der Waals surface area contributed by atoms with Crippen LogP contribution in [0.2, 0.25) is 0 Å². The Balaban J connectivity index is 1.27. The van der Waals surface area contributed by atoms with Crippen LogP contribution < -0.4 is 0 Å². The van der Waals surface area contributed by atoms with E-state index in [1.165, 1.54) is 37.7 Å². The SMILES string of the molecule is O=C(O)c1ccc2c(C3CCCCC3)cn(-c3ccc4nc(-c5ccc(-c6ncc[nH]6)cc5)ccc4c3)c2c1. The molecule has 1 fully saturated rings. The van der Waals surface area contributed by atoms with Crippen LogP contribution in [0, 0.1) is 0 Å². The highest BCUT2D eigenvalue weighted by Gasteiger charge is 2.22. The zero-order valence-corrected chi connectivity index (χ0v) is 21.5. The van der Waals surface area contributed by atoms with Crippen molar-refractivity contribution >= 4 is 27.8 Å². The lowest BCUT2D eigenvalue weighted by atomic mass is 9.84. The average molecular weight is 513 g/mol. The Labute approximate surface area is 226 Å². The van der Waals surface area contributed by atoms with Gasteiger partial charge in [0.15, 0.2) is 0 Å². The third-order valence-corrected chi connectivity index (χ3v) is 8.03. The number of carboxylic acid groups (broad SMARTS) is 1. The average Bonchev–Trinajstić information content (AvgIpc) is 3.66. The highest BCUT2D eigenvalue weighted by atomic mass is 16.4. The minimum atomic E-state index is -0.906. The molecule has 0 aliphatic heterocycles. The number of fused-ring (bicyclic) bond motifs is 2. The first kappa shape index (κ1) is 23.4. The molecule has 6 aromatic rings. The molecule has 3 aromatic carbocycles. The van der Waals surface area contributed by atoms with Crippen molar-refractivity contribution in [2.24, 2.45) is 0 Å². The number of nitrogens with one attached hydrogen (secondary N) is 1. The van der Waals surface area contributed by atoms with Crippen molar-refractivity contribution in [3.8, 4) is 28.3 Å². The molecular weight excluding hydrogens is 484 g/mol. The number of hydrogen-bond donors (Lipinski definition) is 2. The van der Waals surface area contributed by atoms with E-state index in [-0.39, 0.29) is 0 Å². The number of benzene rings is 3. The zero-order valence-electron chi connectivity index (χ0n) is 21.5. The van der Waals surface area contributed by atoms with Crippen molar-refractivity contribution in [2.75, 3.05) is 0 Å². The molecule has 39 heavy (non-hydrogen) atoms. The van der Waals surface area contributed by atoms with Crippen LogP contribution in [0.3, 0.4) is 0 Å². The molecule has 0 bridgehead atoms. The van der Waals surface area contributed by atoms with E-state index in [0.717, 1.165) is 50.1 Å². The van der Waals surface area contributed by atoms with Crippen LogP contribution in [-0.2, 0) is 0 Å². The van der Waals surface area contributed by atoms with Gasteiger partial charge in [-0.2, -0.15) is 0 Å². The molecule has 192 valence electrons. The van der Waals surface area contributed by atoms with Gasteiger partial charge in [-0.1, -0.05) is 55.7 Å². The number of nitrogens with zero attached hydrogens (tertiary/aromatic N) is 3. The topological polar surface area (TPSA) is 83.8 Å². The number of aromatic amines is 1. The van der Waals surface area contributed by atoms with Crippen LogP contribution in [0.5, 0.6) is 0 Å². The molecule has 7 rings (SSSR count). The molecule has 1 saturated carbocycles. The summed E-state index contributed by atoms with van der Waals surface area (Å²) in [5.41, 5.74) is 7.50. The van der Waals surface area contributed by atoms with Crippen LogP contribution in [0.1, 0.15) is 53.9 Å². The van der Waals surface area contributed by atoms with Crippen molar-refractivity contribution in [2.45, 2.75) is 38.0 Å². The number of aromatic nitrogens is 4. The lowest BCUT2D eigenvalue weighted by Gasteiger charge is -2.21. The van der Waals surface area contributed by atoms with Gasteiger partial charge in [0.2, 0.25) is 0 Å². The summed E-state index contributed by atoms with van der Waals surface area (Å²) in [5, 5.41) is 11.9. The van der Waals surface area contributed by atoms with Crippen molar-refractivity contribution in [3.05, 3.63) is 103 Å². The maximum absolute atomic E-state index is 11.8. The van der Waals surface area contributed by atoms with Crippen LogP contribution in [0.4, 0.5) is 0 Å². The summed E-state index contributed by atoms with van der Waals surface area (Å²) in [6, 6.07) is 24.2. The van der Waals surface area contributed by atoms with E-state index in [1.54, 1.807) is 12.3 Å². The van der Waals surface area contributed by atoms with E-state index in [2.05, 4.69) is 75.3 Å². The molecule has 6 heteroatoms. The molecule has 2 N–H and O–H groups in total. The zero-order chi connectivity index (χ0) is 26.3. The third kappa shape index (κ3) is 4.28. The van der Waals surface area contributed by atoms with Gasteiger partial charge in [-0.15, -0.1) is 0 Å². The number of hydrogen-bond acceptors (Lipinski definition) is 3. The lowest BCUT2D eigenvalue weighted by Crippen LogP contribution is -2.04. The number of rotatable bonds is 5. The largest absolute Gasteiger partial charge is 0.478 e. The summed E-state index contributed by atoms with van der Waals surface area (Å²) in [4.78, 5) is 24.2. The van der Waals surface area contributed by atoms with E-state index in [0.29, 0.717) is 11.5 Å². The van der Waals surface area contributed by atoms with Gasteiger partial charge in [0, 0.05) is 46.2 Å². The normalized spacial score (nSPS) is 14.3. The number of aromatic carboxylic acids is 1. The molecular formula is C33H28N4O2. The molecule has 0 unspecified atom stereocenters. The summed E-state index contributed by atoms with van der Waals surface area (Å²) in [6.07, 6.45) is 12.0. The van der Waals surface area contributed by atoms with Gasteiger partial charge in [-0.3, -0.25) is 0 Å². The van der Waals surface area contributed by atoms with Crippen molar-refractivity contribution in [1.29, 1.82) is 0 Å². The van der Waals surface area contributed by atoms with Crippen molar-refractivity contribution < 1.29 is 9.90 Å². The van der Waals surface area contributed by atoms with E-state index in [9.17, 15) is 9.90 Å². The van der Waals surface area contributed by atoms with Crippen molar-refractivity contribution in [3.63, 3.8) is 0 Å². The minimum Gasteiger partial charge on any atom is -0.478 e. The van der Waals surface area contributed by atoms with Gasteiger partial charge in [0.1, 0.15) is 5.82 Å². The summed E-state index contributed by atoms with van der Waals surface area (Å²) in [5.74, 6) is 0.457. The Hall–Kier alpha value is -4.71. The minimum absolute atomic E-state index is 0.308. The highest BCUT2D eigenvalue weighted by Crippen LogP contribution is 2.39. The van der Waals surface area contributed by atoms with Gasteiger partial charge in [-0.25, -0.2) is 14.8 Å². The maximum Gasteiger partial charge on any atom is 0.335 e. The molecule has 1 aliphatic carbocycles. The second kappa shape index (κ2) is 9.55. The number of pyridine rings is 1. The predicted octanol–water partition coefficient (Wildman–Crippen LogP) is 7.98. The number of carboxylic acids is 1. The van der Waals surface area contributed by atoms with Gasteiger partial charge < -0.3 is 14.7 Å². The summed E-state index contributed by atoms with van der Waals surface area (Å²) in [6.45, 7) is 0. The number of H-pyrrole nitrogens is 1. The second-order valence-electron chi connectivity index (χ2n) is 10.4. The third-order valence-electron chi connectivity index (χ3n) is 8.03. The van der Waals surface area contributed by atoms with E-state index >= 15 is 0 Å².